The number of amides is 1. The Morgan fingerprint density at radius 2 is 2.04 bits per heavy atom. The molecule has 0 aliphatic rings. The van der Waals surface area contributed by atoms with Crippen molar-refractivity contribution in [3.8, 4) is 5.75 Å². The lowest BCUT2D eigenvalue weighted by Gasteiger charge is -2.18. The van der Waals surface area contributed by atoms with Crippen molar-refractivity contribution in [1.29, 1.82) is 0 Å². The maximum atomic E-state index is 12.2. The van der Waals surface area contributed by atoms with Crippen LogP contribution in [0.5, 0.6) is 5.75 Å². The fourth-order valence-electron chi connectivity index (χ4n) is 2.01. The van der Waals surface area contributed by atoms with Crippen molar-refractivity contribution in [1.82, 2.24) is 10.3 Å². The topological polar surface area (TPSA) is 88.5 Å². The molecule has 24 heavy (non-hydrogen) atoms. The molecule has 0 bridgehead atoms. The molecule has 6 nitrogen and oxygen atoms in total. The predicted molar refractivity (Wildman–Crippen MR) is 88.7 cm³/mol. The number of benzene rings is 1. The lowest BCUT2D eigenvalue weighted by atomic mass is 10.0. The molecule has 0 saturated carbocycles. The van der Waals surface area contributed by atoms with Gasteiger partial charge < -0.3 is 15.2 Å². The van der Waals surface area contributed by atoms with Crippen molar-refractivity contribution in [2.45, 2.75) is 26.5 Å². The number of hydrogen-bond donors (Lipinski definition) is 2. The first-order valence-electron chi connectivity index (χ1n) is 7.63. The van der Waals surface area contributed by atoms with Crippen LogP contribution in [-0.4, -0.2) is 28.0 Å². The van der Waals surface area contributed by atoms with E-state index in [1.165, 1.54) is 0 Å². The highest BCUT2D eigenvalue weighted by Crippen LogP contribution is 2.15. The minimum Gasteiger partial charge on any atom is -0.489 e. The Morgan fingerprint density at radius 1 is 1.25 bits per heavy atom. The second-order valence-electron chi connectivity index (χ2n) is 5.57. The molecule has 0 spiro atoms. The average molecular weight is 328 g/mol. The van der Waals surface area contributed by atoms with Gasteiger partial charge in [0.15, 0.2) is 0 Å². The van der Waals surface area contributed by atoms with Gasteiger partial charge in [-0.3, -0.25) is 14.6 Å². The highest BCUT2D eigenvalue weighted by Gasteiger charge is 2.21. The lowest BCUT2D eigenvalue weighted by Crippen LogP contribution is -2.40. The van der Waals surface area contributed by atoms with E-state index in [1.807, 2.05) is 12.1 Å². The third-order valence-electron chi connectivity index (χ3n) is 3.72. The number of carbonyl (C=O) groups excluding carboxylic acids is 1. The molecular formula is C18H20N2O4. The van der Waals surface area contributed by atoms with E-state index in [0.29, 0.717) is 17.9 Å². The van der Waals surface area contributed by atoms with Gasteiger partial charge in [-0.15, -0.1) is 0 Å². The fourth-order valence-corrected chi connectivity index (χ4v) is 2.01. The van der Waals surface area contributed by atoms with Crippen molar-refractivity contribution < 1.29 is 19.4 Å². The summed E-state index contributed by atoms with van der Waals surface area (Å²) in [7, 11) is 0. The third-order valence-corrected chi connectivity index (χ3v) is 3.72. The molecule has 2 aromatic rings. The first-order chi connectivity index (χ1) is 11.5. The highest BCUT2D eigenvalue weighted by molar-refractivity contribution is 5.95. The first-order valence-corrected chi connectivity index (χ1v) is 7.63. The Bertz CT molecular complexity index is 703. The minimum absolute atomic E-state index is 0.331. The number of nitrogens with zero attached hydrogens (tertiary/aromatic N) is 1. The van der Waals surface area contributed by atoms with Gasteiger partial charge in [0.1, 0.15) is 12.4 Å². The van der Waals surface area contributed by atoms with Gasteiger partial charge in [0.25, 0.3) is 5.91 Å². The number of ether oxygens (including phenoxy) is 1. The molecule has 1 heterocycles. The van der Waals surface area contributed by atoms with E-state index < -0.39 is 17.9 Å². The molecule has 0 radical (unpaired) electrons. The Balaban J connectivity index is 1.99. The van der Waals surface area contributed by atoms with Crippen LogP contribution >= 0.6 is 0 Å². The van der Waals surface area contributed by atoms with E-state index in [9.17, 15) is 9.59 Å². The first kappa shape index (κ1) is 17.5. The van der Waals surface area contributed by atoms with Crippen LogP contribution in [0.3, 0.4) is 0 Å². The summed E-state index contributed by atoms with van der Waals surface area (Å²) in [4.78, 5) is 27.2. The van der Waals surface area contributed by atoms with Gasteiger partial charge in [-0.1, -0.05) is 12.1 Å². The zero-order chi connectivity index (χ0) is 17.5. The van der Waals surface area contributed by atoms with Crippen molar-refractivity contribution in [2.24, 2.45) is 5.92 Å². The van der Waals surface area contributed by atoms with Crippen molar-refractivity contribution in [2.75, 3.05) is 0 Å². The van der Waals surface area contributed by atoms with Crippen LogP contribution < -0.4 is 10.1 Å². The highest BCUT2D eigenvalue weighted by atomic mass is 16.5. The van der Waals surface area contributed by atoms with Gasteiger partial charge in [-0.05, 0) is 38.1 Å². The molecule has 2 atom stereocenters. The zero-order valence-electron chi connectivity index (χ0n) is 13.6. The number of carboxylic acids is 1. The monoisotopic (exact) mass is 328 g/mol. The third kappa shape index (κ3) is 4.81. The number of carboxylic acid groups (broad SMARTS) is 1. The molecular weight excluding hydrogens is 308 g/mol. The van der Waals surface area contributed by atoms with Crippen LogP contribution in [0, 0.1) is 5.92 Å². The Kier molecular flexibility index (Phi) is 5.89. The molecule has 126 valence electrons. The van der Waals surface area contributed by atoms with E-state index in [1.54, 1.807) is 50.5 Å². The van der Waals surface area contributed by atoms with Crippen molar-refractivity contribution in [3.05, 3.63) is 59.9 Å². The minimum atomic E-state index is -0.948. The van der Waals surface area contributed by atoms with E-state index in [-0.39, 0.29) is 5.91 Å². The second-order valence-corrected chi connectivity index (χ2v) is 5.57. The van der Waals surface area contributed by atoms with Gasteiger partial charge in [-0.25, -0.2) is 0 Å². The maximum absolute atomic E-state index is 12.2. The molecule has 1 aromatic carbocycles. The smallest absolute Gasteiger partial charge is 0.308 e. The van der Waals surface area contributed by atoms with Gasteiger partial charge in [0, 0.05) is 29.6 Å². The summed E-state index contributed by atoms with van der Waals surface area (Å²) in [6.45, 7) is 3.57. The van der Waals surface area contributed by atoms with E-state index >= 15 is 0 Å². The standard InChI is InChI=1S/C18H20N2O4/c1-12(18(22)23)13(2)20-17(21)15-6-3-7-16(9-15)24-11-14-5-4-8-19-10-14/h3-10,12-13H,11H2,1-2H3,(H,20,21)(H,22,23). The summed E-state index contributed by atoms with van der Waals surface area (Å²) in [5.41, 5.74) is 1.35. The van der Waals surface area contributed by atoms with Crippen LogP contribution in [0.1, 0.15) is 29.8 Å². The van der Waals surface area contributed by atoms with E-state index in [0.717, 1.165) is 5.56 Å². The van der Waals surface area contributed by atoms with E-state index in [4.69, 9.17) is 9.84 Å². The Labute approximate surface area is 140 Å². The number of carbonyl (C=O) groups is 2. The second kappa shape index (κ2) is 8.10. The summed E-state index contributed by atoms with van der Waals surface area (Å²) >= 11 is 0. The van der Waals surface area contributed by atoms with Crippen molar-refractivity contribution >= 4 is 11.9 Å². The SMILES string of the molecule is CC(NC(=O)c1cccc(OCc2cccnc2)c1)C(C)C(=O)O. The van der Waals surface area contributed by atoms with Crippen LogP contribution in [0.4, 0.5) is 0 Å². The molecule has 2 rings (SSSR count). The number of aliphatic carboxylic acids is 1. The zero-order valence-corrected chi connectivity index (χ0v) is 13.6. The average Bonchev–Trinajstić information content (AvgIpc) is 2.60. The number of rotatable bonds is 7. The number of hydrogen-bond acceptors (Lipinski definition) is 4. The molecule has 1 aromatic heterocycles. The van der Waals surface area contributed by atoms with Gasteiger partial charge in [-0.2, -0.15) is 0 Å². The predicted octanol–water partition coefficient (Wildman–Crippen LogP) is 2.50. The Hall–Kier alpha value is -2.89. The van der Waals surface area contributed by atoms with Crippen LogP contribution in [-0.2, 0) is 11.4 Å². The molecule has 1 amide bonds. The summed E-state index contributed by atoms with van der Waals surface area (Å²) in [5, 5.41) is 11.7. The van der Waals surface area contributed by atoms with Crippen LogP contribution in [0.15, 0.2) is 48.8 Å². The molecule has 0 saturated heterocycles. The summed E-state index contributed by atoms with van der Waals surface area (Å²) in [5.74, 6) is -1.39. The quantitative estimate of drug-likeness (QED) is 0.815. The molecule has 0 aliphatic carbocycles. The summed E-state index contributed by atoms with van der Waals surface area (Å²) in [6, 6.07) is 10.0. The van der Waals surface area contributed by atoms with Crippen LogP contribution in [0.2, 0.25) is 0 Å². The normalized spacial score (nSPS) is 12.9. The summed E-state index contributed by atoms with van der Waals surface area (Å²) < 4.78 is 5.66. The number of aromatic nitrogens is 1. The maximum Gasteiger partial charge on any atom is 0.308 e. The van der Waals surface area contributed by atoms with Crippen molar-refractivity contribution in [3.63, 3.8) is 0 Å². The van der Waals surface area contributed by atoms with Crippen LogP contribution in [0.25, 0.3) is 0 Å². The number of pyridine rings is 1. The molecule has 2 unspecified atom stereocenters. The van der Waals surface area contributed by atoms with Gasteiger partial charge in [0.2, 0.25) is 0 Å². The molecule has 0 aliphatic heterocycles. The molecule has 0 fully saturated rings. The lowest BCUT2D eigenvalue weighted by molar-refractivity contribution is -0.141. The van der Waals surface area contributed by atoms with Gasteiger partial charge in [0.05, 0.1) is 5.92 Å². The molecule has 6 heteroatoms. The fraction of sp³-hybridized carbons (Fsp3) is 0.278. The Morgan fingerprint density at radius 3 is 2.71 bits per heavy atom. The summed E-state index contributed by atoms with van der Waals surface area (Å²) in [6.07, 6.45) is 3.40. The molecule has 2 N–H and O–H groups in total. The number of nitrogens with one attached hydrogen (secondary N) is 1. The van der Waals surface area contributed by atoms with Gasteiger partial charge >= 0.3 is 5.97 Å². The largest absolute Gasteiger partial charge is 0.489 e. The van der Waals surface area contributed by atoms with E-state index in [2.05, 4.69) is 10.3 Å².